The Labute approximate surface area is 120 Å². The molecule has 2 heterocycles. The van der Waals surface area contributed by atoms with Crippen LogP contribution in [0.5, 0.6) is 5.75 Å². The Morgan fingerprint density at radius 3 is 2.79 bits per heavy atom. The van der Waals surface area contributed by atoms with E-state index in [4.69, 9.17) is 16.3 Å². The van der Waals surface area contributed by atoms with Gasteiger partial charge in [-0.25, -0.2) is 0 Å². The van der Waals surface area contributed by atoms with Gasteiger partial charge >= 0.3 is 0 Å². The second-order valence-electron chi connectivity index (χ2n) is 6.49. The molecule has 0 radical (unpaired) electrons. The second-order valence-corrected chi connectivity index (χ2v) is 6.93. The number of benzene rings is 1. The molecular formula is C16H22ClNO. The number of halogens is 1. The zero-order valence-corrected chi connectivity index (χ0v) is 12.5. The first-order valence-electron chi connectivity index (χ1n) is 7.24. The summed E-state index contributed by atoms with van der Waals surface area (Å²) in [5.74, 6) is 1.86. The van der Waals surface area contributed by atoms with Gasteiger partial charge in [0.1, 0.15) is 11.4 Å². The van der Waals surface area contributed by atoms with Crippen LogP contribution in [0.2, 0.25) is 5.02 Å². The zero-order valence-electron chi connectivity index (χ0n) is 11.8. The van der Waals surface area contributed by atoms with Gasteiger partial charge in [0.05, 0.1) is 0 Å². The summed E-state index contributed by atoms with van der Waals surface area (Å²) in [5, 5.41) is 4.27. The van der Waals surface area contributed by atoms with Gasteiger partial charge in [-0.3, -0.25) is 0 Å². The molecule has 0 amide bonds. The molecule has 0 spiro atoms. The molecule has 2 aliphatic heterocycles. The number of piperidine rings is 1. The predicted molar refractivity (Wildman–Crippen MR) is 79.2 cm³/mol. The molecule has 1 saturated heterocycles. The lowest BCUT2D eigenvalue weighted by atomic mass is 9.89. The summed E-state index contributed by atoms with van der Waals surface area (Å²) < 4.78 is 6.15. The van der Waals surface area contributed by atoms with E-state index in [0.29, 0.717) is 0 Å². The summed E-state index contributed by atoms with van der Waals surface area (Å²) in [6, 6.07) is 4.17. The highest BCUT2D eigenvalue weighted by Gasteiger charge is 2.32. The number of ether oxygens (including phenoxy) is 1. The van der Waals surface area contributed by atoms with Gasteiger partial charge in [-0.05, 0) is 75.4 Å². The van der Waals surface area contributed by atoms with Crippen molar-refractivity contribution in [1.82, 2.24) is 5.32 Å². The molecule has 2 nitrogen and oxygen atoms in total. The van der Waals surface area contributed by atoms with E-state index in [0.717, 1.165) is 42.6 Å². The topological polar surface area (TPSA) is 21.3 Å². The van der Waals surface area contributed by atoms with E-state index in [1.54, 1.807) is 0 Å². The van der Waals surface area contributed by atoms with Crippen LogP contribution in [0.25, 0.3) is 0 Å². The maximum Gasteiger partial charge on any atom is 0.126 e. The molecule has 0 atom stereocenters. The summed E-state index contributed by atoms with van der Waals surface area (Å²) in [5.41, 5.74) is 2.50. The highest BCUT2D eigenvalue weighted by Crippen LogP contribution is 2.40. The van der Waals surface area contributed by atoms with Crippen LogP contribution in [0.15, 0.2) is 12.1 Å². The van der Waals surface area contributed by atoms with Gasteiger partial charge < -0.3 is 10.1 Å². The van der Waals surface area contributed by atoms with Crippen LogP contribution in [-0.4, -0.2) is 18.7 Å². The molecule has 3 rings (SSSR count). The number of hydrogen-bond donors (Lipinski definition) is 1. The Morgan fingerprint density at radius 2 is 2.05 bits per heavy atom. The summed E-state index contributed by atoms with van der Waals surface area (Å²) in [4.78, 5) is 0. The predicted octanol–water partition coefficient (Wildman–Crippen LogP) is 3.60. The molecule has 1 N–H and O–H groups in total. The molecular weight excluding hydrogens is 258 g/mol. The molecule has 0 unspecified atom stereocenters. The van der Waals surface area contributed by atoms with E-state index >= 15 is 0 Å². The average molecular weight is 280 g/mol. The van der Waals surface area contributed by atoms with Crippen molar-refractivity contribution in [3.05, 3.63) is 28.3 Å². The van der Waals surface area contributed by atoms with Crippen molar-refractivity contribution < 1.29 is 4.74 Å². The average Bonchev–Trinajstić information content (AvgIpc) is 2.65. The molecule has 19 heavy (non-hydrogen) atoms. The lowest BCUT2D eigenvalue weighted by Crippen LogP contribution is -2.29. The molecule has 2 aliphatic rings. The zero-order chi connectivity index (χ0) is 13.5. The first-order chi connectivity index (χ1) is 9.03. The van der Waals surface area contributed by atoms with Crippen molar-refractivity contribution >= 4 is 11.6 Å². The van der Waals surface area contributed by atoms with E-state index in [1.807, 2.05) is 0 Å². The van der Waals surface area contributed by atoms with Crippen LogP contribution in [0.1, 0.15) is 37.8 Å². The first kappa shape index (κ1) is 13.3. The third-order valence-electron chi connectivity index (χ3n) is 4.17. The number of fused-ring (bicyclic) bond motifs is 1. The quantitative estimate of drug-likeness (QED) is 0.893. The van der Waals surface area contributed by atoms with Gasteiger partial charge in [0.15, 0.2) is 0 Å². The Balaban J connectivity index is 1.85. The molecule has 0 aromatic heterocycles. The summed E-state index contributed by atoms with van der Waals surface area (Å²) in [7, 11) is 0. The van der Waals surface area contributed by atoms with Gasteiger partial charge in [0.25, 0.3) is 0 Å². The van der Waals surface area contributed by atoms with E-state index in [1.165, 1.54) is 24.0 Å². The van der Waals surface area contributed by atoms with Crippen molar-refractivity contribution in [3.8, 4) is 5.75 Å². The van der Waals surface area contributed by atoms with Crippen LogP contribution >= 0.6 is 11.6 Å². The second kappa shape index (κ2) is 4.99. The normalized spacial score (nSPS) is 22.1. The molecule has 1 aromatic rings. The Hall–Kier alpha value is -0.730. The van der Waals surface area contributed by atoms with Gasteiger partial charge in [0.2, 0.25) is 0 Å². The fourth-order valence-corrected chi connectivity index (χ4v) is 3.56. The van der Waals surface area contributed by atoms with E-state index < -0.39 is 0 Å². The van der Waals surface area contributed by atoms with Gasteiger partial charge in [0, 0.05) is 11.4 Å². The maximum atomic E-state index is 6.27. The Morgan fingerprint density at radius 1 is 1.32 bits per heavy atom. The fourth-order valence-electron chi connectivity index (χ4n) is 3.29. The number of nitrogens with one attached hydrogen (secondary N) is 1. The summed E-state index contributed by atoms with van der Waals surface area (Å²) in [6.07, 6.45) is 4.57. The summed E-state index contributed by atoms with van der Waals surface area (Å²) >= 11 is 6.27. The molecule has 104 valence electrons. The van der Waals surface area contributed by atoms with Crippen molar-refractivity contribution in [3.63, 3.8) is 0 Å². The van der Waals surface area contributed by atoms with Gasteiger partial charge in [-0.1, -0.05) is 11.6 Å². The van der Waals surface area contributed by atoms with Crippen LogP contribution in [0.4, 0.5) is 0 Å². The van der Waals surface area contributed by atoms with Crippen LogP contribution < -0.4 is 10.1 Å². The van der Waals surface area contributed by atoms with Crippen molar-refractivity contribution in [2.24, 2.45) is 5.92 Å². The lowest BCUT2D eigenvalue weighted by molar-refractivity contribution is 0.136. The third-order valence-corrected chi connectivity index (χ3v) is 4.39. The van der Waals surface area contributed by atoms with Crippen LogP contribution in [-0.2, 0) is 12.8 Å². The van der Waals surface area contributed by atoms with Crippen molar-refractivity contribution in [2.45, 2.75) is 45.1 Å². The molecule has 1 aromatic carbocycles. The third kappa shape index (κ3) is 2.90. The molecule has 0 aliphatic carbocycles. The minimum atomic E-state index is -0.0874. The van der Waals surface area contributed by atoms with Gasteiger partial charge in [-0.2, -0.15) is 0 Å². The minimum Gasteiger partial charge on any atom is -0.487 e. The highest BCUT2D eigenvalue weighted by molar-refractivity contribution is 6.30. The van der Waals surface area contributed by atoms with E-state index in [9.17, 15) is 0 Å². The Bertz CT molecular complexity index is 478. The van der Waals surface area contributed by atoms with E-state index in [2.05, 4.69) is 31.3 Å². The van der Waals surface area contributed by atoms with Crippen molar-refractivity contribution in [2.75, 3.05) is 13.1 Å². The minimum absolute atomic E-state index is 0.0874. The van der Waals surface area contributed by atoms with Gasteiger partial charge in [-0.15, -0.1) is 0 Å². The lowest BCUT2D eigenvalue weighted by Gasteiger charge is -2.24. The standard InChI is InChI=1S/C16H22ClNO/c1-16(2)10-13-9-14(17)8-12(15(13)19-16)7-11-3-5-18-6-4-11/h8-9,11,18H,3-7,10H2,1-2H3. The molecule has 0 saturated carbocycles. The highest BCUT2D eigenvalue weighted by atomic mass is 35.5. The Kier molecular flexibility index (Phi) is 3.48. The first-order valence-corrected chi connectivity index (χ1v) is 7.62. The molecule has 0 bridgehead atoms. The fraction of sp³-hybridized carbons (Fsp3) is 0.625. The van der Waals surface area contributed by atoms with E-state index in [-0.39, 0.29) is 5.60 Å². The molecule has 1 fully saturated rings. The van der Waals surface area contributed by atoms with Crippen LogP contribution in [0.3, 0.4) is 0 Å². The van der Waals surface area contributed by atoms with Crippen molar-refractivity contribution in [1.29, 1.82) is 0 Å². The summed E-state index contributed by atoms with van der Waals surface area (Å²) in [6.45, 7) is 6.57. The largest absolute Gasteiger partial charge is 0.487 e. The smallest absolute Gasteiger partial charge is 0.126 e. The number of rotatable bonds is 2. The van der Waals surface area contributed by atoms with Crippen LogP contribution in [0, 0.1) is 5.92 Å². The SMILES string of the molecule is CC1(C)Cc2cc(Cl)cc(CC3CCNCC3)c2O1. The molecule has 3 heteroatoms. The maximum absolute atomic E-state index is 6.27. The monoisotopic (exact) mass is 279 g/mol. The number of hydrogen-bond acceptors (Lipinski definition) is 2.